The predicted octanol–water partition coefficient (Wildman–Crippen LogP) is 0.622. The quantitative estimate of drug-likeness (QED) is 0.786. The highest BCUT2D eigenvalue weighted by Crippen LogP contribution is 2.22. The van der Waals surface area contributed by atoms with Crippen LogP contribution in [0.4, 0.5) is 4.79 Å². The summed E-state index contributed by atoms with van der Waals surface area (Å²) in [7, 11) is 0. The third-order valence-electron chi connectivity index (χ3n) is 3.38. The third-order valence-corrected chi connectivity index (χ3v) is 3.38. The van der Waals surface area contributed by atoms with E-state index in [9.17, 15) is 9.59 Å². The van der Waals surface area contributed by atoms with Crippen LogP contribution >= 0.6 is 0 Å². The van der Waals surface area contributed by atoms with Crippen LogP contribution in [0.3, 0.4) is 0 Å². The molecule has 0 aromatic carbocycles. The van der Waals surface area contributed by atoms with Gasteiger partial charge in [0.05, 0.1) is 18.6 Å². The van der Waals surface area contributed by atoms with Crippen molar-refractivity contribution < 1.29 is 19.4 Å². The van der Waals surface area contributed by atoms with Gasteiger partial charge in [0.2, 0.25) is 0 Å². The van der Waals surface area contributed by atoms with Crippen LogP contribution in [0.5, 0.6) is 0 Å². The van der Waals surface area contributed by atoms with Crippen LogP contribution in [0.2, 0.25) is 0 Å². The molecular weight excluding hydrogens is 236 g/mol. The van der Waals surface area contributed by atoms with Crippen LogP contribution in [-0.2, 0) is 9.53 Å². The van der Waals surface area contributed by atoms with Crippen LogP contribution < -0.4 is 0 Å². The van der Waals surface area contributed by atoms with Gasteiger partial charge in [-0.05, 0) is 13.8 Å². The molecule has 2 atom stereocenters. The SMILES string of the molecule is C[C@@H]1CN(C(=O)N2CC(CC(=O)O)C2)C[C@H](C)O1. The number of hydrogen-bond donors (Lipinski definition) is 1. The summed E-state index contributed by atoms with van der Waals surface area (Å²) in [6.07, 6.45) is 0.280. The molecule has 0 aromatic heterocycles. The Labute approximate surface area is 106 Å². The highest BCUT2D eigenvalue weighted by molar-refractivity contribution is 5.76. The van der Waals surface area contributed by atoms with E-state index in [0.717, 1.165) is 0 Å². The van der Waals surface area contributed by atoms with Gasteiger partial charge in [0.15, 0.2) is 0 Å². The molecule has 2 amide bonds. The lowest BCUT2D eigenvalue weighted by molar-refractivity contribution is -0.139. The van der Waals surface area contributed by atoms with Crippen LogP contribution in [0.1, 0.15) is 20.3 Å². The Bertz CT molecular complexity index is 331. The summed E-state index contributed by atoms with van der Waals surface area (Å²) >= 11 is 0. The van der Waals surface area contributed by atoms with Gasteiger partial charge in [0, 0.05) is 32.1 Å². The van der Waals surface area contributed by atoms with E-state index in [1.807, 2.05) is 13.8 Å². The van der Waals surface area contributed by atoms with Crippen LogP contribution in [0.25, 0.3) is 0 Å². The molecule has 2 aliphatic rings. The van der Waals surface area contributed by atoms with Gasteiger partial charge in [-0.15, -0.1) is 0 Å². The molecule has 2 saturated heterocycles. The van der Waals surface area contributed by atoms with E-state index in [2.05, 4.69) is 0 Å². The normalized spacial score (nSPS) is 29.0. The molecule has 6 nitrogen and oxygen atoms in total. The maximum atomic E-state index is 12.2. The number of aliphatic carboxylic acids is 1. The molecule has 0 unspecified atom stereocenters. The number of carbonyl (C=O) groups excluding carboxylic acids is 1. The van der Waals surface area contributed by atoms with Crippen molar-refractivity contribution in [1.82, 2.24) is 9.80 Å². The summed E-state index contributed by atoms with van der Waals surface area (Å²) in [5.74, 6) is -0.678. The zero-order chi connectivity index (χ0) is 13.3. The molecular formula is C12H20N2O4. The molecule has 0 bridgehead atoms. The second kappa shape index (κ2) is 5.14. The van der Waals surface area contributed by atoms with Crippen LogP contribution in [0.15, 0.2) is 0 Å². The van der Waals surface area contributed by atoms with Gasteiger partial charge in [0.25, 0.3) is 0 Å². The van der Waals surface area contributed by atoms with Gasteiger partial charge < -0.3 is 19.6 Å². The number of amides is 2. The van der Waals surface area contributed by atoms with Gasteiger partial charge >= 0.3 is 12.0 Å². The Hall–Kier alpha value is -1.30. The molecule has 0 radical (unpaired) electrons. The van der Waals surface area contributed by atoms with Crippen molar-refractivity contribution in [2.45, 2.75) is 32.5 Å². The zero-order valence-corrected chi connectivity index (χ0v) is 10.8. The Kier molecular flexibility index (Phi) is 3.75. The van der Waals surface area contributed by atoms with Crippen molar-refractivity contribution in [3.8, 4) is 0 Å². The first-order valence-corrected chi connectivity index (χ1v) is 6.36. The topological polar surface area (TPSA) is 70.1 Å². The summed E-state index contributed by atoms with van der Waals surface area (Å²) in [5, 5.41) is 8.66. The summed E-state index contributed by atoms with van der Waals surface area (Å²) < 4.78 is 5.58. The first kappa shape index (κ1) is 13.1. The number of ether oxygens (including phenoxy) is 1. The first-order valence-electron chi connectivity index (χ1n) is 6.36. The molecule has 0 spiro atoms. The minimum absolute atomic E-state index is 0.0126. The molecule has 102 valence electrons. The fraction of sp³-hybridized carbons (Fsp3) is 0.833. The maximum absolute atomic E-state index is 12.2. The van der Waals surface area contributed by atoms with Crippen molar-refractivity contribution >= 4 is 12.0 Å². The zero-order valence-electron chi connectivity index (χ0n) is 10.8. The fourth-order valence-electron chi connectivity index (χ4n) is 2.64. The van der Waals surface area contributed by atoms with Crippen molar-refractivity contribution in [2.75, 3.05) is 26.2 Å². The van der Waals surface area contributed by atoms with E-state index in [4.69, 9.17) is 9.84 Å². The Morgan fingerprint density at radius 3 is 2.11 bits per heavy atom. The van der Waals surface area contributed by atoms with Crippen molar-refractivity contribution in [2.24, 2.45) is 5.92 Å². The van der Waals surface area contributed by atoms with E-state index >= 15 is 0 Å². The van der Waals surface area contributed by atoms with Gasteiger partial charge in [-0.2, -0.15) is 0 Å². The molecule has 2 fully saturated rings. The molecule has 18 heavy (non-hydrogen) atoms. The largest absolute Gasteiger partial charge is 0.481 e. The smallest absolute Gasteiger partial charge is 0.320 e. The van der Waals surface area contributed by atoms with Crippen molar-refractivity contribution in [1.29, 1.82) is 0 Å². The molecule has 0 aliphatic carbocycles. The number of nitrogens with zero attached hydrogens (tertiary/aromatic N) is 2. The monoisotopic (exact) mass is 256 g/mol. The minimum Gasteiger partial charge on any atom is -0.481 e. The number of urea groups is 1. The Balaban J connectivity index is 1.80. The van der Waals surface area contributed by atoms with Crippen LogP contribution in [-0.4, -0.2) is 65.3 Å². The average molecular weight is 256 g/mol. The highest BCUT2D eigenvalue weighted by Gasteiger charge is 2.36. The maximum Gasteiger partial charge on any atom is 0.320 e. The molecule has 2 heterocycles. The van der Waals surface area contributed by atoms with Gasteiger partial charge in [-0.25, -0.2) is 4.79 Å². The number of morpholine rings is 1. The summed E-state index contributed by atoms with van der Waals surface area (Å²) in [6, 6.07) is 0.0126. The molecule has 2 aliphatic heterocycles. The van der Waals surface area contributed by atoms with Gasteiger partial charge in [-0.1, -0.05) is 0 Å². The number of likely N-dealkylation sites (tertiary alicyclic amines) is 1. The Morgan fingerprint density at radius 1 is 1.11 bits per heavy atom. The van der Waals surface area contributed by atoms with Gasteiger partial charge in [-0.3, -0.25) is 4.79 Å². The number of hydrogen-bond acceptors (Lipinski definition) is 3. The van der Waals surface area contributed by atoms with Crippen molar-refractivity contribution in [3.05, 3.63) is 0 Å². The molecule has 1 N–H and O–H groups in total. The molecule has 0 aromatic rings. The molecule has 0 saturated carbocycles. The van der Waals surface area contributed by atoms with E-state index in [-0.39, 0.29) is 30.6 Å². The number of carbonyl (C=O) groups is 2. The lowest BCUT2D eigenvalue weighted by Crippen LogP contribution is -2.59. The lowest BCUT2D eigenvalue weighted by atomic mass is 9.97. The Morgan fingerprint density at radius 2 is 1.61 bits per heavy atom. The number of rotatable bonds is 2. The minimum atomic E-state index is -0.791. The predicted molar refractivity (Wildman–Crippen MR) is 64.3 cm³/mol. The second-order valence-corrected chi connectivity index (χ2v) is 5.31. The van der Waals surface area contributed by atoms with Crippen molar-refractivity contribution in [3.63, 3.8) is 0 Å². The number of carboxylic acid groups (broad SMARTS) is 1. The second-order valence-electron chi connectivity index (χ2n) is 5.31. The first-order chi connectivity index (χ1) is 8.45. The summed E-state index contributed by atoms with van der Waals surface area (Å²) in [5.41, 5.74) is 0. The third kappa shape index (κ3) is 2.93. The van der Waals surface area contributed by atoms with E-state index < -0.39 is 5.97 Å². The summed E-state index contributed by atoms with van der Waals surface area (Å²) in [4.78, 5) is 26.2. The van der Waals surface area contributed by atoms with E-state index in [0.29, 0.717) is 26.2 Å². The summed E-state index contributed by atoms with van der Waals surface area (Å²) in [6.45, 7) is 6.27. The van der Waals surface area contributed by atoms with Crippen LogP contribution in [0, 0.1) is 5.92 Å². The van der Waals surface area contributed by atoms with E-state index in [1.54, 1.807) is 9.80 Å². The van der Waals surface area contributed by atoms with E-state index in [1.165, 1.54) is 0 Å². The van der Waals surface area contributed by atoms with Gasteiger partial charge in [0.1, 0.15) is 0 Å². The molecule has 2 rings (SSSR count). The fourth-order valence-corrected chi connectivity index (χ4v) is 2.64. The highest BCUT2D eigenvalue weighted by atomic mass is 16.5. The lowest BCUT2D eigenvalue weighted by Gasteiger charge is -2.44. The number of carboxylic acids is 1. The standard InChI is InChI=1S/C12H20N2O4/c1-8-4-13(5-9(2)18-8)12(17)14-6-10(7-14)3-11(15)16/h8-10H,3-7H2,1-2H3,(H,15,16)/t8-,9+. The average Bonchev–Trinajstić information content (AvgIpc) is 2.20. The molecule has 6 heteroatoms.